The van der Waals surface area contributed by atoms with E-state index >= 15 is 0 Å². The Balaban J connectivity index is 1.92. The molecule has 3 rings (SSSR count). The number of nitrogens with zero attached hydrogens (tertiary/aromatic N) is 2. The van der Waals surface area contributed by atoms with E-state index in [1.807, 2.05) is 0 Å². The number of hydrogen-bond donors (Lipinski definition) is 1. The lowest BCUT2D eigenvalue weighted by Gasteiger charge is -2.23. The summed E-state index contributed by atoms with van der Waals surface area (Å²) in [6, 6.07) is 6.56. The van der Waals surface area contributed by atoms with Gasteiger partial charge in [0.25, 0.3) is 0 Å². The Bertz CT molecular complexity index is 676. The third-order valence-electron chi connectivity index (χ3n) is 4.35. The van der Waals surface area contributed by atoms with Crippen LogP contribution < -0.4 is 0 Å². The van der Waals surface area contributed by atoms with Crippen molar-refractivity contribution in [2.45, 2.75) is 39.0 Å². The van der Waals surface area contributed by atoms with Crippen molar-refractivity contribution in [1.82, 2.24) is 10.2 Å². The molecule has 1 heterocycles. The summed E-state index contributed by atoms with van der Waals surface area (Å²) in [5.41, 5.74) is 1.03. The highest BCUT2D eigenvalue weighted by Gasteiger charge is 2.39. The van der Waals surface area contributed by atoms with Gasteiger partial charge < -0.3 is 9.52 Å². The van der Waals surface area contributed by atoms with Gasteiger partial charge in [-0.2, -0.15) is 0 Å². The van der Waals surface area contributed by atoms with E-state index in [9.17, 15) is 4.79 Å². The molecule has 1 unspecified atom stereocenters. The molecule has 2 aromatic rings. The van der Waals surface area contributed by atoms with Gasteiger partial charge in [0.05, 0.1) is 5.56 Å². The second kappa shape index (κ2) is 4.98. The fourth-order valence-corrected chi connectivity index (χ4v) is 3.06. The van der Waals surface area contributed by atoms with Crippen LogP contribution in [-0.2, 0) is 0 Å². The zero-order valence-electron chi connectivity index (χ0n) is 12.2. The van der Waals surface area contributed by atoms with Crippen molar-refractivity contribution in [2.24, 2.45) is 5.41 Å². The van der Waals surface area contributed by atoms with Gasteiger partial charge in [-0.3, -0.25) is 0 Å². The van der Waals surface area contributed by atoms with Crippen molar-refractivity contribution >= 4 is 5.97 Å². The van der Waals surface area contributed by atoms with Crippen LogP contribution in [0.4, 0.5) is 0 Å². The van der Waals surface area contributed by atoms with E-state index in [0.717, 1.165) is 12.8 Å². The van der Waals surface area contributed by atoms with E-state index in [4.69, 9.17) is 9.52 Å². The van der Waals surface area contributed by atoms with E-state index in [1.165, 1.54) is 6.42 Å². The fourth-order valence-electron chi connectivity index (χ4n) is 3.06. The zero-order chi connectivity index (χ0) is 15.0. The zero-order valence-corrected chi connectivity index (χ0v) is 12.2. The number of carboxylic acids is 1. The Kier molecular flexibility index (Phi) is 3.27. The molecule has 1 aromatic carbocycles. The molecule has 5 heteroatoms. The summed E-state index contributed by atoms with van der Waals surface area (Å²) in [6.45, 7) is 4.44. The van der Waals surface area contributed by atoms with Crippen LogP contribution in [0.15, 0.2) is 28.7 Å². The van der Waals surface area contributed by atoms with Crippen molar-refractivity contribution in [3.8, 4) is 11.5 Å². The third kappa shape index (κ3) is 2.55. The maximum Gasteiger partial charge on any atom is 0.335 e. The molecule has 0 saturated heterocycles. The molecule has 1 aliphatic rings. The van der Waals surface area contributed by atoms with E-state index in [2.05, 4.69) is 24.0 Å². The number of carboxylic acid groups (broad SMARTS) is 1. The monoisotopic (exact) mass is 286 g/mol. The topological polar surface area (TPSA) is 76.2 Å². The number of hydrogen-bond acceptors (Lipinski definition) is 4. The first-order valence-corrected chi connectivity index (χ1v) is 7.14. The molecule has 0 spiro atoms. The van der Waals surface area contributed by atoms with Crippen LogP contribution >= 0.6 is 0 Å². The van der Waals surface area contributed by atoms with Crippen molar-refractivity contribution in [1.29, 1.82) is 0 Å². The Morgan fingerprint density at radius 3 is 2.86 bits per heavy atom. The molecule has 0 radical (unpaired) electrons. The third-order valence-corrected chi connectivity index (χ3v) is 4.35. The van der Waals surface area contributed by atoms with E-state index in [1.54, 1.807) is 24.3 Å². The minimum atomic E-state index is -0.964. The van der Waals surface area contributed by atoms with Gasteiger partial charge in [0.2, 0.25) is 11.8 Å². The van der Waals surface area contributed by atoms with Crippen molar-refractivity contribution in [3.05, 3.63) is 35.7 Å². The molecule has 1 saturated carbocycles. The summed E-state index contributed by atoms with van der Waals surface area (Å²) in [6.07, 6.45) is 3.39. The van der Waals surface area contributed by atoms with Crippen molar-refractivity contribution < 1.29 is 14.3 Å². The molecule has 5 nitrogen and oxygen atoms in total. The van der Waals surface area contributed by atoms with Crippen LogP contribution in [0, 0.1) is 5.41 Å². The summed E-state index contributed by atoms with van der Waals surface area (Å²) in [5.74, 6) is 0.360. The van der Waals surface area contributed by atoms with Gasteiger partial charge in [-0.15, -0.1) is 10.2 Å². The maximum atomic E-state index is 11.0. The normalized spacial score (nSPS) is 20.6. The largest absolute Gasteiger partial charge is 0.478 e. The van der Waals surface area contributed by atoms with Crippen molar-refractivity contribution in [2.75, 3.05) is 0 Å². The minimum Gasteiger partial charge on any atom is -0.478 e. The Hall–Kier alpha value is -2.17. The molecule has 1 atom stereocenters. The molecule has 21 heavy (non-hydrogen) atoms. The standard InChI is InChI=1S/C16H18N2O3/c1-16(2)8-4-7-12(16)14-18-17-13(21-14)10-5-3-6-11(9-10)15(19)20/h3,5-6,9,12H,4,7-8H2,1-2H3,(H,19,20). The number of aromatic nitrogens is 2. The maximum absolute atomic E-state index is 11.0. The predicted octanol–water partition coefficient (Wildman–Crippen LogP) is 3.73. The second-order valence-corrected chi connectivity index (χ2v) is 6.26. The summed E-state index contributed by atoms with van der Waals surface area (Å²) in [4.78, 5) is 11.0. The van der Waals surface area contributed by atoms with Gasteiger partial charge in [0.15, 0.2) is 0 Å². The van der Waals surface area contributed by atoms with Gasteiger partial charge in [-0.1, -0.05) is 26.3 Å². The van der Waals surface area contributed by atoms with Gasteiger partial charge in [-0.05, 0) is 36.5 Å². The lowest BCUT2D eigenvalue weighted by atomic mass is 9.82. The summed E-state index contributed by atoms with van der Waals surface area (Å²) in [7, 11) is 0. The fraction of sp³-hybridized carbons (Fsp3) is 0.438. The average molecular weight is 286 g/mol. The second-order valence-electron chi connectivity index (χ2n) is 6.26. The van der Waals surface area contributed by atoms with Crippen LogP contribution in [0.1, 0.15) is 55.3 Å². The predicted molar refractivity (Wildman–Crippen MR) is 77.1 cm³/mol. The summed E-state index contributed by atoms with van der Waals surface area (Å²) in [5, 5.41) is 17.3. The Labute approximate surface area is 123 Å². The molecule has 0 aliphatic heterocycles. The minimum absolute atomic E-state index is 0.173. The molecular formula is C16H18N2O3. The SMILES string of the molecule is CC1(C)CCCC1c1nnc(-c2cccc(C(=O)O)c2)o1. The van der Waals surface area contributed by atoms with E-state index in [-0.39, 0.29) is 16.9 Å². The van der Waals surface area contributed by atoms with E-state index in [0.29, 0.717) is 17.3 Å². The smallest absolute Gasteiger partial charge is 0.335 e. The first-order valence-electron chi connectivity index (χ1n) is 7.14. The molecule has 0 amide bonds. The average Bonchev–Trinajstić information content (AvgIpc) is 3.04. The lowest BCUT2D eigenvalue weighted by molar-refractivity contribution is 0.0697. The van der Waals surface area contributed by atoms with Crippen LogP contribution in [-0.4, -0.2) is 21.3 Å². The molecule has 1 aromatic heterocycles. The Morgan fingerprint density at radius 1 is 1.38 bits per heavy atom. The summed E-state index contributed by atoms with van der Waals surface area (Å²) < 4.78 is 5.81. The highest BCUT2D eigenvalue weighted by molar-refractivity contribution is 5.88. The van der Waals surface area contributed by atoms with Crippen LogP contribution in [0.25, 0.3) is 11.5 Å². The number of benzene rings is 1. The summed E-state index contributed by atoms with van der Waals surface area (Å²) >= 11 is 0. The van der Waals surface area contributed by atoms with Gasteiger partial charge in [-0.25, -0.2) is 4.79 Å². The molecule has 1 aliphatic carbocycles. The van der Waals surface area contributed by atoms with Crippen molar-refractivity contribution in [3.63, 3.8) is 0 Å². The first-order chi connectivity index (χ1) is 9.97. The first kappa shape index (κ1) is 13.8. The van der Waals surface area contributed by atoms with Crippen LogP contribution in [0.5, 0.6) is 0 Å². The molecule has 110 valence electrons. The number of rotatable bonds is 3. The number of carbonyl (C=O) groups is 1. The van der Waals surface area contributed by atoms with Gasteiger partial charge in [0.1, 0.15) is 0 Å². The van der Waals surface area contributed by atoms with Crippen LogP contribution in [0.2, 0.25) is 0 Å². The van der Waals surface area contributed by atoms with Crippen LogP contribution in [0.3, 0.4) is 0 Å². The molecule has 1 fully saturated rings. The number of aromatic carboxylic acids is 1. The molecule has 1 N–H and O–H groups in total. The quantitative estimate of drug-likeness (QED) is 0.930. The van der Waals surface area contributed by atoms with E-state index < -0.39 is 5.97 Å². The highest BCUT2D eigenvalue weighted by Crippen LogP contribution is 2.48. The van der Waals surface area contributed by atoms with Gasteiger partial charge in [0, 0.05) is 11.5 Å². The van der Waals surface area contributed by atoms with Gasteiger partial charge >= 0.3 is 5.97 Å². The lowest BCUT2D eigenvalue weighted by Crippen LogP contribution is -2.15. The Morgan fingerprint density at radius 2 is 2.19 bits per heavy atom. The highest BCUT2D eigenvalue weighted by atomic mass is 16.4. The molecular weight excluding hydrogens is 268 g/mol. The molecule has 0 bridgehead atoms.